The summed E-state index contributed by atoms with van der Waals surface area (Å²) in [6.07, 6.45) is 0. The Hall–Kier alpha value is -2.69. The molecule has 1 heterocycles. The van der Waals surface area contributed by atoms with Crippen LogP contribution in [0.1, 0.15) is 22.1 Å². The predicted octanol–water partition coefficient (Wildman–Crippen LogP) is 0.573. The Labute approximate surface area is 155 Å². The minimum atomic E-state index is -1.04. The number of benzene rings is 2. The van der Waals surface area contributed by atoms with Gasteiger partial charge in [0.2, 0.25) is 0 Å². The standard InChI is InChI=1S/C19H18N2O4S/c1-24-17-8-12(18-21-15(11-26-18)19(22)23)6-7-16(17)25-10-14-5-3-2-4-13(14)9-20/h2-8,15,18,21H,10-11H2,1H3,(H,22,23)/t15-,18+/m1/s1. The molecule has 1 saturated heterocycles. The molecule has 0 amide bonds. The number of methoxy groups -OCH3 is 1. The van der Waals surface area contributed by atoms with Gasteiger partial charge >= 0.3 is 0 Å². The fourth-order valence-corrected chi connectivity index (χ4v) is 4.08. The van der Waals surface area contributed by atoms with Gasteiger partial charge in [0.25, 0.3) is 0 Å². The SMILES string of the molecule is COc1cc([C@H]2[NH2+][C@@H](C(=O)[O-])CS2)ccc1OCc1ccccc1C#N. The first kappa shape index (κ1) is 18.1. The maximum absolute atomic E-state index is 11.0. The molecule has 7 heteroatoms. The summed E-state index contributed by atoms with van der Waals surface area (Å²) >= 11 is 1.56. The third kappa shape index (κ3) is 3.93. The molecule has 0 bridgehead atoms. The van der Waals surface area contributed by atoms with Crippen LogP contribution in [-0.2, 0) is 11.4 Å². The molecule has 2 aromatic rings. The van der Waals surface area contributed by atoms with Gasteiger partial charge in [-0.3, -0.25) is 0 Å². The van der Waals surface area contributed by atoms with E-state index in [1.165, 1.54) is 0 Å². The predicted molar refractivity (Wildman–Crippen MR) is 94.4 cm³/mol. The first-order valence-corrected chi connectivity index (χ1v) is 9.13. The van der Waals surface area contributed by atoms with Crippen LogP contribution >= 0.6 is 11.8 Å². The molecule has 1 fully saturated rings. The number of ether oxygens (including phenoxy) is 2. The zero-order valence-electron chi connectivity index (χ0n) is 14.2. The minimum Gasteiger partial charge on any atom is -0.544 e. The number of carbonyl (C=O) groups is 1. The Morgan fingerprint density at radius 2 is 2.15 bits per heavy atom. The van der Waals surface area contributed by atoms with Crippen LogP contribution in [0.5, 0.6) is 11.5 Å². The molecule has 26 heavy (non-hydrogen) atoms. The maximum Gasteiger partial charge on any atom is 0.161 e. The summed E-state index contributed by atoms with van der Waals surface area (Å²) in [7, 11) is 1.56. The molecule has 0 spiro atoms. The van der Waals surface area contributed by atoms with E-state index in [2.05, 4.69) is 6.07 Å². The number of hydrogen-bond donors (Lipinski definition) is 1. The summed E-state index contributed by atoms with van der Waals surface area (Å²) in [5.41, 5.74) is 2.34. The molecule has 2 N–H and O–H groups in total. The third-order valence-corrected chi connectivity index (χ3v) is 5.54. The van der Waals surface area contributed by atoms with Crippen LogP contribution in [0.2, 0.25) is 0 Å². The van der Waals surface area contributed by atoms with Gasteiger partial charge in [-0.15, -0.1) is 0 Å². The zero-order chi connectivity index (χ0) is 18.5. The summed E-state index contributed by atoms with van der Waals surface area (Å²) in [4.78, 5) is 11.0. The summed E-state index contributed by atoms with van der Waals surface area (Å²) in [6, 6.07) is 14.5. The van der Waals surface area contributed by atoms with Crippen molar-refractivity contribution in [3.8, 4) is 17.6 Å². The van der Waals surface area contributed by atoms with Crippen LogP contribution in [0.3, 0.4) is 0 Å². The maximum atomic E-state index is 11.0. The van der Waals surface area contributed by atoms with E-state index in [-0.39, 0.29) is 12.0 Å². The van der Waals surface area contributed by atoms with Crippen LogP contribution in [-0.4, -0.2) is 24.9 Å². The zero-order valence-corrected chi connectivity index (χ0v) is 15.0. The number of nitrogens with two attached hydrogens (primary N) is 1. The fourth-order valence-electron chi connectivity index (χ4n) is 2.77. The van der Waals surface area contributed by atoms with Crippen molar-refractivity contribution < 1.29 is 24.7 Å². The fraction of sp³-hybridized carbons (Fsp3) is 0.263. The number of carboxylic acids is 1. The topological polar surface area (TPSA) is 99.0 Å². The molecule has 1 aliphatic rings. The number of aliphatic carboxylic acids is 1. The Morgan fingerprint density at radius 3 is 2.85 bits per heavy atom. The van der Waals surface area contributed by atoms with E-state index in [0.29, 0.717) is 22.8 Å². The highest BCUT2D eigenvalue weighted by Gasteiger charge is 2.31. The summed E-state index contributed by atoms with van der Waals surface area (Å²) in [5, 5.41) is 21.9. The number of rotatable bonds is 6. The molecule has 0 aromatic heterocycles. The number of quaternary nitrogens is 1. The quantitative estimate of drug-likeness (QED) is 0.798. The Bertz CT molecular complexity index is 850. The van der Waals surface area contributed by atoms with E-state index in [9.17, 15) is 9.90 Å². The molecule has 0 radical (unpaired) electrons. The van der Waals surface area contributed by atoms with Crippen molar-refractivity contribution in [3.05, 3.63) is 59.2 Å². The molecule has 0 unspecified atom stereocenters. The van der Waals surface area contributed by atoms with Crippen LogP contribution in [0.25, 0.3) is 0 Å². The lowest BCUT2D eigenvalue weighted by atomic mass is 10.1. The van der Waals surface area contributed by atoms with E-state index >= 15 is 0 Å². The molecule has 3 rings (SSSR count). The van der Waals surface area contributed by atoms with Gasteiger partial charge in [-0.05, 0) is 24.3 Å². The molecule has 2 atom stereocenters. The van der Waals surface area contributed by atoms with Gasteiger partial charge < -0.3 is 24.7 Å². The Balaban J connectivity index is 1.73. The molecule has 0 saturated carbocycles. The minimum absolute atomic E-state index is 0.0137. The second-order valence-corrected chi connectivity index (χ2v) is 7.01. The molecule has 0 aliphatic carbocycles. The molecular formula is C19H18N2O4S. The number of carbonyl (C=O) groups excluding carboxylic acids is 1. The smallest absolute Gasteiger partial charge is 0.161 e. The highest BCUT2D eigenvalue weighted by atomic mass is 32.2. The lowest BCUT2D eigenvalue weighted by Gasteiger charge is -2.15. The van der Waals surface area contributed by atoms with Crippen molar-refractivity contribution in [2.45, 2.75) is 18.0 Å². The molecule has 2 aromatic carbocycles. The third-order valence-electron chi connectivity index (χ3n) is 4.20. The Kier molecular flexibility index (Phi) is 5.66. The van der Waals surface area contributed by atoms with Crippen molar-refractivity contribution in [1.82, 2.24) is 0 Å². The van der Waals surface area contributed by atoms with Gasteiger partial charge in [0, 0.05) is 11.1 Å². The number of thioether (sulfide) groups is 1. The van der Waals surface area contributed by atoms with Crippen LogP contribution < -0.4 is 19.9 Å². The van der Waals surface area contributed by atoms with Gasteiger partial charge in [0.15, 0.2) is 16.9 Å². The van der Waals surface area contributed by atoms with Crippen molar-refractivity contribution in [2.75, 3.05) is 12.9 Å². The summed E-state index contributed by atoms with van der Waals surface area (Å²) in [5.74, 6) is 0.618. The van der Waals surface area contributed by atoms with Crippen molar-refractivity contribution in [1.29, 1.82) is 5.26 Å². The van der Waals surface area contributed by atoms with Crippen LogP contribution in [0, 0.1) is 11.3 Å². The van der Waals surface area contributed by atoms with E-state index in [4.69, 9.17) is 14.7 Å². The first-order chi connectivity index (χ1) is 12.6. The molecular weight excluding hydrogens is 352 g/mol. The average Bonchev–Trinajstić information content (AvgIpc) is 3.17. The van der Waals surface area contributed by atoms with Crippen LogP contribution in [0.15, 0.2) is 42.5 Å². The second kappa shape index (κ2) is 8.13. The van der Waals surface area contributed by atoms with Gasteiger partial charge in [0.1, 0.15) is 18.6 Å². The van der Waals surface area contributed by atoms with Gasteiger partial charge in [0.05, 0.1) is 24.5 Å². The lowest BCUT2D eigenvalue weighted by molar-refractivity contribution is -0.690. The van der Waals surface area contributed by atoms with Crippen molar-refractivity contribution in [3.63, 3.8) is 0 Å². The van der Waals surface area contributed by atoms with E-state index in [1.807, 2.05) is 36.4 Å². The number of carboxylic acid groups (broad SMARTS) is 1. The number of nitrogens with zero attached hydrogens (tertiary/aromatic N) is 1. The van der Waals surface area contributed by atoms with Gasteiger partial charge in [-0.1, -0.05) is 30.0 Å². The van der Waals surface area contributed by atoms with Gasteiger partial charge in [-0.25, -0.2) is 0 Å². The normalized spacial score (nSPS) is 18.9. The van der Waals surface area contributed by atoms with Crippen molar-refractivity contribution in [2.24, 2.45) is 0 Å². The second-order valence-electron chi connectivity index (χ2n) is 5.84. The highest BCUT2D eigenvalue weighted by molar-refractivity contribution is 7.99. The highest BCUT2D eigenvalue weighted by Crippen LogP contribution is 2.34. The molecule has 1 aliphatic heterocycles. The number of nitriles is 1. The first-order valence-electron chi connectivity index (χ1n) is 8.08. The van der Waals surface area contributed by atoms with Crippen molar-refractivity contribution >= 4 is 17.7 Å². The van der Waals surface area contributed by atoms with E-state index in [1.54, 1.807) is 30.3 Å². The van der Waals surface area contributed by atoms with E-state index < -0.39 is 12.0 Å². The Morgan fingerprint density at radius 1 is 1.35 bits per heavy atom. The van der Waals surface area contributed by atoms with E-state index in [0.717, 1.165) is 11.1 Å². The largest absolute Gasteiger partial charge is 0.544 e. The summed E-state index contributed by atoms with van der Waals surface area (Å²) < 4.78 is 11.3. The molecule has 134 valence electrons. The lowest BCUT2D eigenvalue weighted by Crippen LogP contribution is -2.90. The average molecular weight is 370 g/mol. The molecule has 6 nitrogen and oxygen atoms in total. The summed E-state index contributed by atoms with van der Waals surface area (Å²) in [6.45, 7) is 0.260. The van der Waals surface area contributed by atoms with Gasteiger partial charge in [-0.2, -0.15) is 5.26 Å². The monoisotopic (exact) mass is 370 g/mol. The van der Waals surface area contributed by atoms with Crippen LogP contribution in [0.4, 0.5) is 0 Å². The number of hydrogen-bond acceptors (Lipinski definition) is 6.